The molecule has 1 heterocycles. The van der Waals surface area contributed by atoms with Crippen molar-refractivity contribution in [2.75, 3.05) is 6.54 Å². The van der Waals surface area contributed by atoms with Gasteiger partial charge >= 0.3 is 0 Å². The third-order valence-corrected chi connectivity index (χ3v) is 3.42. The van der Waals surface area contributed by atoms with E-state index in [9.17, 15) is 0 Å². The Morgan fingerprint density at radius 2 is 2.20 bits per heavy atom. The highest BCUT2D eigenvalue weighted by atomic mass is 79.9. The maximum atomic E-state index is 5.96. The predicted octanol–water partition coefficient (Wildman–Crippen LogP) is 4.13. The van der Waals surface area contributed by atoms with Crippen LogP contribution in [-0.4, -0.2) is 16.3 Å². The molecule has 0 unspecified atom stereocenters. The highest BCUT2D eigenvalue weighted by Crippen LogP contribution is 2.28. The molecule has 0 bridgehead atoms. The molecule has 5 heteroatoms. The molecular formula is C15H20BrN3O. The molecule has 1 aromatic heterocycles. The van der Waals surface area contributed by atoms with Gasteiger partial charge in [0.2, 0.25) is 0 Å². The molecule has 2 rings (SSSR count). The molecule has 0 amide bonds. The molecule has 0 atom stereocenters. The first-order valence-corrected chi connectivity index (χ1v) is 7.60. The number of ether oxygens (including phenoxy) is 1. The molecule has 0 spiro atoms. The van der Waals surface area contributed by atoms with Gasteiger partial charge in [-0.05, 0) is 32.5 Å². The van der Waals surface area contributed by atoms with Crippen molar-refractivity contribution in [2.45, 2.75) is 33.4 Å². The Morgan fingerprint density at radius 1 is 1.40 bits per heavy atom. The van der Waals surface area contributed by atoms with E-state index in [1.165, 1.54) is 0 Å². The highest BCUT2D eigenvalue weighted by Gasteiger charge is 2.08. The summed E-state index contributed by atoms with van der Waals surface area (Å²) in [4.78, 5) is 0. The van der Waals surface area contributed by atoms with Crippen molar-refractivity contribution in [3.63, 3.8) is 0 Å². The van der Waals surface area contributed by atoms with Gasteiger partial charge in [0.05, 0.1) is 12.4 Å². The van der Waals surface area contributed by atoms with Gasteiger partial charge in [-0.25, -0.2) is 0 Å². The number of hydrogen-bond acceptors (Lipinski definition) is 3. The van der Waals surface area contributed by atoms with Crippen LogP contribution in [0.25, 0.3) is 0 Å². The number of rotatable bonds is 6. The van der Waals surface area contributed by atoms with Crippen LogP contribution in [0.4, 0.5) is 0 Å². The van der Waals surface area contributed by atoms with E-state index in [0.29, 0.717) is 6.04 Å². The lowest BCUT2D eigenvalue weighted by molar-refractivity contribution is 0.468. The van der Waals surface area contributed by atoms with E-state index in [4.69, 9.17) is 4.74 Å². The lowest BCUT2D eigenvalue weighted by Gasteiger charge is -2.11. The third kappa shape index (κ3) is 3.84. The van der Waals surface area contributed by atoms with E-state index in [1.54, 1.807) is 6.20 Å². The van der Waals surface area contributed by atoms with Crippen molar-refractivity contribution in [3.8, 4) is 11.5 Å². The van der Waals surface area contributed by atoms with Crippen molar-refractivity contribution in [1.29, 1.82) is 0 Å². The minimum atomic E-state index is 0.330. The molecule has 0 aliphatic carbocycles. The van der Waals surface area contributed by atoms with Gasteiger partial charge in [-0.15, -0.1) is 0 Å². The molecule has 0 aliphatic heterocycles. The van der Waals surface area contributed by atoms with Crippen molar-refractivity contribution < 1.29 is 4.74 Å². The molecule has 1 aromatic carbocycles. The monoisotopic (exact) mass is 337 g/mol. The predicted molar refractivity (Wildman–Crippen MR) is 84.2 cm³/mol. The second kappa shape index (κ2) is 6.90. The van der Waals surface area contributed by atoms with Gasteiger partial charge < -0.3 is 10.1 Å². The lowest BCUT2D eigenvalue weighted by atomic mass is 10.2. The van der Waals surface area contributed by atoms with Crippen molar-refractivity contribution >= 4 is 15.9 Å². The first-order valence-electron chi connectivity index (χ1n) is 6.81. The van der Waals surface area contributed by atoms with Crippen LogP contribution in [0.15, 0.2) is 35.1 Å². The molecule has 0 aliphatic rings. The number of hydrogen-bond donors (Lipinski definition) is 1. The Morgan fingerprint density at radius 3 is 2.85 bits per heavy atom. The Hall–Kier alpha value is -1.33. The van der Waals surface area contributed by atoms with Crippen LogP contribution >= 0.6 is 15.9 Å². The fraction of sp³-hybridized carbons (Fsp3) is 0.400. The zero-order valence-corrected chi connectivity index (χ0v) is 13.6. The summed E-state index contributed by atoms with van der Waals surface area (Å²) in [6.07, 6.45) is 3.67. The Labute approximate surface area is 128 Å². The molecule has 108 valence electrons. The number of benzene rings is 1. The van der Waals surface area contributed by atoms with Crippen molar-refractivity contribution in [2.24, 2.45) is 0 Å². The van der Waals surface area contributed by atoms with E-state index < -0.39 is 0 Å². The smallest absolute Gasteiger partial charge is 0.165 e. The zero-order valence-electron chi connectivity index (χ0n) is 12.1. The molecule has 0 radical (unpaired) electrons. The van der Waals surface area contributed by atoms with Gasteiger partial charge in [0.25, 0.3) is 0 Å². The van der Waals surface area contributed by atoms with Crippen molar-refractivity contribution in [3.05, 3.63) is 40.6 Å². The summed E-state index contributed by atoms with van der Waals surface area (Å²) in [5, 5.41) is 7.61. The number of aromatic nitrogens is 2. The molecule has 0 saturated heterocycles. The second-order valence-electron chi connectivity index (χ2n) is 4.88. The maximum Gasteiger partial charge on any atom is 0.165 e. The Kier molecular flexibility index (Phi) is 5.20. The zero-order chi connectivity index (χ0) is 14.5. The molecule has 4 nitrogen and oxygen atoms in total. The first kappa shape index (κ1) is 15.1. The van der Waals surface area contributed by atoms with Crippen LogP contribution in [0.5, 0.6) is 11.5 Å². The van der Waals surface area contributed by atoms with Gasteiger partial charge in [0.1, 0.15) is 5.75 Å². The number of halogens is 1. The Bertz CT molecular complexity index is 566. The van der Waals surface area contributed by atoms with E-state index in [2.05, 4.69) is 53.2 Å². The molecule has 0 saturated carbocycles. The SMILES string of the molecule is CCNCc1ccc(Br)cc1Oc1cnn(C(C)C)c1. The summed E-state index contributed by atoms with van der Waals surface area (Å²) in [6, 6.07) is 6.40. The van der Waals surface area contributed by atoms with E-state index in [1.807, 2.05) is 23.0 Å². The van der Waals surface area contributed by atoms with Gasteiger partial charge in [-0.3, -0.25) is 4.68 Å². The summed E-state index contributed by atoms with van der Waals surface area (Å²) in [5.74, 6) is 1.61. The molecule has 0 fully saturated rings. The molecule has 1 N–H and O–H groups in total. The van der Waals surface area contributed by atoms with Gasteiger partial charge in [0.15, 0.2) is 5.75 Å². The minimum absolute atomic E-state index is 0.330. The van der Waals surface area contributed by atoms with Gasteiger partial charge in [0, 0.05) is 22.6 Å². The van der Waals surface area contributed by atoms with Crippen LogP contribution in [0.2, 0.25) is 0 Å². The maximum absolute atomic E-state index is 5.96. The van der Waals surface area contributed by atoms with Gasteiger partial charge in [-0.2, -0.15) is 5.10 Å². The summed E-state index contributed by atoms with van der Waals surface area (Å²) >= 11 is 3.49. The largest absolute Gasteiger partial charge is 0.454 e. The first-order chi connectivity index (χ1) is 9.60. The van der Waals surface area contributed by atoms with E-state index >= 15 is 0 Å². The molecule has 20 heavy (non-hydrogen) atoms. The second-order valence-corrected chi connectivity index (χ2v) is 5.80. The summed E-state index contributed by atoms with van der Waals surface area (Å²) < 4.78 is 8.85. The number of nitrogens with zero attached hydrogens (tertiary/aromatic N) is 2. The summed E-state index contributed by atoms with van der Waals surface area (Å²) in [7, 11) is 0. The fourth-order valence-corrected chi connectivity index (χ4v) is 2.15. The van der Waals surface area contributed by atoms with E-state index in [0.717, 1.165) is 34.6 Å². The van der Waals surface area contributed by atoms with Crippen molar-refractivity contribution in [1.82, 2.24) is 15.1 Å². The standard InChI is InChI=1S/C15H20BrN3O/c1-4-17-8-12-5-6-13(16)7-15(12)20-14-9-18-19(10-14)11(2)3/h5-7,9-11,17H,4,8H2,1-3H3. The van der Waals surface area contributed by atoms with Crippen LogP contribution in [0.1, 0.15) is 32.4 Å². The number of nitrogens with one attached hydrogen (secondary N) is 1. The van der Waals surface area contributed by atoms with E-state index in [-0.39, 0.29) is 0 Å². The highest BCUT2D eigenvalue weighted by molar-refractivity contribution is 9.10. The van der Waals surface area contributed by atoms with Crippen LogP contribution in [0, 0.1) is 0 Å². The molecule has 2 aromatic rings. The summed E-state index contributed by atoms with van der Waals surface area (Å²) in [6.45, 7) is 7.99. The van der Waals surface area contributed by atoms with Gasteiger partial charge in [-0.1, -0.05) is 28.9 Å². The summed E-state index contributed by atoms with van der Waals surface area (Å²) in [5.41, 5.74) is 1.13. The van der Waals surface area contributed by atoms with Crippen LogP contribution < -0.4 is 10.1 Å². The Balaban J connectivity index is 2.19. The lowest BCUT2D eigenvalue weighted by Crippen LogP contribution is -2.12. The topological polar surface area (TPSA) is 39.1 Å². The fourth-order valence-electron chi connectivity index (χ4n) is 1.81. The normalized spacial score (nSPS) is 11.1. The quantitative estimate of drug-likeness (QED) is 0.861. The minimum Gasteiger partial charge on any atom is -0.454 e. The van der Waals surface area contributed by atoms with Crippen LogP contribution in [0.3, 0.4) is 0 Å². The third-order valence-electron chi connectivity index (χ3n) is 2.93. The average molecular weight is 338 g/mol. The average Bonchev–Trinajstić information content (AvgIpc) is 2.87. The van der Waals surface area contributed by atoms with Crippen LogP contribution in [-0.2, 0) is 6.54 Å². The molecular weight excluding hydrogens is 318 g/mol.